The molecule has 2 aromatic rings. The van der Waals surface area contributed by atoms with E-state index in [9.17, 15) is 0 Å². The molecule has 1 fully saturated rings. The highest BCUT2D eigenvalue weighted by atomic mass is 32.1. The number of methoxy groups -OCH3 is 1. The van der Waals surface area contributed by atoms with Crippen LogP contribution in [-0.4, -0.2) is 47.9 Å². The molecule has 28 heavy (non-hydrogen) atoms. The van der Waals surface area contributed by atoms with E-state index in [4.69, 9.17) is 21.7 Å². The van der Waals surface area contributed by atoms with Gasteiger partial charge >= 0.3 is 0 Å². The maximum atomic E-state index is 5.96. The average molecular weight is 402 g/mol. The fraction of sp³-hybridized carbons (Fsp3) is 0.450. The Morgan fingerprint density at radius 2 is 2.07 bits per heavy atom. The van der Waals surface area contributed by atoms with Gasteiger partial charge in [0.1, 0.15) is 11.6 Å². The maximum Gasteiger partial charge on any atom is 0.234 e. The Kier molecular flexibility index (Phi) is 7.39. The number of piperidine rings is 1. The van der Waals surface area contributed by atoms with E-state index < -0.39 is 0 Å². The van der Waals surface area contributed by atoms with Crippen molar-refractivity contribution in [2.24, 2.45) is 0 Å². The molecule has 1 saturated heterocycles. The lowest BCUT2D eigenvalue weighted by molar-refractivity contribution is 0.204. The second-order valence-corrected chi connectivity index (χ2v) is 7.12. The summed E-state index contributed by atoms with van der Waals surface area (Å²) in [6.07, 6.45) is 3.55. The van der Waals surface area contributed by atoms with E-state index in [-0.39, 0.29) is 0 Å². The van der Waals surface area contributed by atoms with Gasteiger partial charge in [-0.05, 0) is 50.5 Å². The van der Waals surface area contributed by atoms with Gasteiger partial charge in [-0.3, -0.25) is 0 Å². The quantitative estimate of drug-likeness (QED) is 0.539. The smallest absolute Gasteiger partial charge is 0.234 e. The predicted molar refractivity (Wildman–Crippen MR) is 115 cm³/mol. The third-order valence-electron chi connectivity index (χ3n) is 4.57. The van der Waals surface area contributed by atoms with Gasteiger partial charge in [-0.25, -0.2) is 0 Å². The summed E-state index contributed by atoms with van der Waals surface area (Å²) in [7, 11) is 1.65. The summed E-state index contributed by atoms with van der Waals surface area (Å²) in [4.78, 5) is 11.5. The molecular formula is C20H27N5O2S. The van der Waals surface area contributed by atoms with Crippen molar-refractivity contribution in [3.63, 3.8) is 0 Å². The van der Waals surface area contributed by atoms with Crippen molar-refractivity contribution in [2.75, 3.05) is 37.0 Å². The fourth-order valence-corrected chi connectivity index (χ4v) is 3.32. The Bertz CT molecular complexity index is 774. The van der Waals surface area contributed by atoms with Crippen LogP contribution in [0.25, 0.3) is 0 Å². The highest BCUT2D eigenvalue weighted by Crippen LogP contribution is 2.28. The summed E-state index contributed by atoms with van der Waals surface area (Å²) in [5.41, 5.74) is 0. The number of anilines is 2. The second-order valence-electron chi connectivity index (χ2n) is 6.72. The molecule has 1 aromatic heterocycles. The predicted octanol–water partition coefficient (Wildman–Crippen LogP) is 3.58. The maximum absolute atomic E-state index is 5.96. The molecule has 0 unspecified atom stereocenters. The van der Waals surface area contributed by atoms with Crippen molar-refractivity contribution in [1.29, 1.82) is 0 Å². The van der Waals surface area contributed by atoms with E-state index in [0.717, 1.165) is 31.0 Å². The van der Waals surface area contributed by atoms with Crippen LogP contribution < -0.4 is 20.3 Å². The highest BCUT2D eigenvalue weighted by Gasteiger charge is 2.21. The zero-order chi connectivity index (χ0) is 19.8. The number of benzene rings is 1. The molecule has 2 N–H and O–H groups in total. The Balaban J connectivity index is 1.81. The number of nitrogens with one attached hydrogen (secondary N) is 2. The number of rotatable bonds is 7. The Morgan fingerprint density at radius 3 is 2.82 bits per heavy atom. The molecule has 1 aromatic carbocycles. The molecule has 8 heteroatoms. The van der Waals surface area contributed by atoms with E-state index >= 15 is 0 Å². The fourth-order valence-electron chi connectivity index (χ4n) is 3.13. The average Bonchev–Trinajstić information content (AvgIpc) is 2.69. The lowest BCUT2D eigenvalue weighted by atomic mass is 10.0. The normalized spacial score (nSPS) is 16.5. The summed E-state index contributed by atoms with van der Waals surface area (Å²) in [6, 6.07) is 11.9. The van der Waals surface area contributed by atoms with Crippen LogP contribution in [0.5, 0.6) is 11.6 Å². The largest absolute Gasteiger partial charge is 0.439 e. The lowest BCUT2D eigenvalue weighted by Gasteiger charge is -2.34. The molecule has 0 amide bonds. The molecule has 7 nitrogen and oxygen atoms in total. The van der Waals surface area contributed by atoms with Crippen molar-refractivity contribution < 1.29 is 9.47 Å². The van der Waals surface area contributed by atoms with Crippen LogP contribution in [0, 0.1) is 0 Å². The van der Waals surface area contributed by atoms with Gasteiger partial charge in [0, 0.05) is 32.3 Å². The van der Waals surface area contributed by atoms with Gasteiger partial charge < -0.3 is 25.0 Å². The zero-order valence-electron chi connectivity index (χ0n) is 16.4. The molecule has 0 saturated carbocycles. The SMILES string of the molecule is COCCNC(=S)Nc1nc(Oc2ccccc2)cc(N2CCCC[C@H]2C)n1. The van der Waals surface area contributed by atoms with Gasteiger partial charge in [0.2, 0.25) is 11.8 Å². The Morgan fingerprint density at radius 1 is 1.25 bits per heavy atom. The van der Waals surface area contributed by atoms with Gasteiger partial charge in [0.05, 0.1) is 6.61 Å². The van der Waals surface area contributed by atoms with Crippen LogP contribution in [0.2, 0.25) is 0 Å². The summed E-state index contributed by atoms with van der Waals surface area (Å²) in [5, 5.41) is 6.58. The van der Waals surface area contributed by atoms with Crippen molar-refractivity contribution in [2.45, 2.75) is 32.2 Å². The van der Waals surface area contributed by atoms with E-state index in [1.54, 1.807) is 7.11 Å². The zero-order valence-corrected chi connectivity index (χ0v) is 17.2. The number of hydrogen-bond donors (Lipinski definition) is 2. The molecule has 0 aliphatic carbocycles. The molecule has 2 heterocycles. The molecule has 150 valence electrons. The molecule has 1 aliphatic heterocycles. The number of thiocarbonyl (C=S) groups is 1. The molecule has 1 atom stereocenters. The summed E-state index contributed by atoms with van der Waals surface area (Å²) in [5.74, 6) is 2.47. The van der Waals surface area contributed by atoms with E-state index in [1.807, 2.05) is 36.4 Å². The van der Waals surface area contributed by atoms with E-state index in [2.05, 4.69) is 32.4 Å². The van der Waals surface area contributed by atoms with E-state index in [0.29, 0.717) is 36.1 Å². The van der Waals surface area contributed by atoms with Crippen molar-refractivity contribution >= 4 is 29.1 Å². The van der Waals surface area contributed by atoms with Crippen molar-refractivity contribution in [3.05, 3.63) is 36.4 Å². The Hall–Kier alpha value is -2.45. The molecule has 0 spiro atoms. The number of ether oxygens (including phenoxy) is 2. The lowest BCUT2D eigenvalue weighted by Crippen LogP contribution is -2.38. The topological polar surface area (TPSA) is 71.5 Å². The van der Waals surface area contributed by atoms with Gasteiger partial charge in [-0.15, -0.1) is 0 Å². The van der Waals surface area contributed by atoms with E-state index in [1.165, 1.54) is 6.42 Å². The monoisotopic (exact) mass is 401 g/mol. The van der Waals surface area contributed by atoms with Crippen LogP contribution in [0.3, 0.4) is 0 Å². The Labute approximate surface area is 171 Å². The number of aromatic nitrogens is 2. The van der Waals surface area contributed by atoms with Crippen LogP contribution >= 0.6 is 12.2 Å². The number of hydrogen-bond acceptors (Lipinski definition) is 6. The van der Waals surface area contributed by atoms with Crippen LogP contribution in [0.15, 0.2) is 36.4 Å². The van der Waals surface area contributed by atoms with Crippen LogP contribution in [-0.2, 0) is 4.74 Å². The van der Waals surface area contributed by atoms with Crippen molar-refractivity contribution in [3.8, 4) is 11.6 Å². The standard InChI is InChI=1S/C20H27N5O2S/c1-15-8-6-7-12-25(15)17-14-18(27-16-9-4-3-5-10-16)23-19(22-17)24-20(28)21-11-13-26-2/h3-5,9-10,14-15H,6-8,11-13H2,1-2H3,(H2,21,22,23,24,28)/t15-/m1/s1. The third kappa shape index (κ3) is 5.77. The number of nitrogens with zero attached hydrogens (tertiary/aromatic N) is 3. The van der Waals surface area contributed by atoms with Crippen molar-refractivity contribution in [1.82, 2.24) is 15.3 Å². The first-order valence-electron chi connectivity index (χ1n) is 9.58. The van der Waals surface area contributed by atoms with Crippen LogP contribution in [0.4, 0.5) is 11.8 Å². The molecule has 1 aliphatic rings. The highest BCUT2D eigenvalue weighted by molar-refractivity contribution is 7.80. The summed E-state index contributed by atoms with van der Waals surface area (Å²) < 4.78 is 11.0. The minimum Gasteiger partial charge on any atom is -0.439 e. The molecule has 0 radical (unpaired) electrons. The first-order chi connectivity index (χ1) is 13.7. The number of para-hydroxylation sites is 1. The second kappa shape index (κ2) is 10.2. The molecule has 3 rings (SSSR count). The summed E-state index contributed by atoms with van der Waals surface area (Å²) >= 11 is 5.33. The van der Waals surface area contributed by atoms with Gasteiger partial charge in [0.15, 0.2) is 5.11 Å². The van der Waals surface area contributed by atoms with Gasteiger partial charge in [-0.1, -0.05) is 18.2 Å². The third-order valence-corrected chi connectivity index (χ3v) is 4.82. The van der Waals surface area contributed by atoms with Gasteiger partial charge in [-0.2, -0.15) is 9.97 Å². The van der Waals surface area contributed by atoms with Gasteiger partial charge in [0.25, 0.3) is 0 Å². The minimum atomic E-state index is 0.413. The molecule has 0 bridgehead atoms. The summed E-state index contributed by atoms with van der Waals surface area (Å²) in [6.45, 7) is 4.37. The molecular weight excluding hydrogens is 374 g/mol. The first kappa shape index (κ1) is 20.3. The minimum absolute atomic E-state index is 0.413. The van der Waals surface area contributed by atoms with Crippen LogP contribution in [0.1, 0.15) is 26.2 Å². The first-order valence-corrected chi connectivity index (χ1v) is 9.99.